The Morgan fingerprint density at radius 1 is 1.22 bits per heavy atom. The number of piperidine rings is 1. The van der Waals surface area contributed by atoms with Crippen LogP contribution in [-0.2, 0) is 12.8 Å². The van der Waals surface area contributed by atoms with Crippen LogP contribution in [0.3, 0.4) is 0 Å². The van der Waals surface area contributed by atoms with Gasteiger partial charge in [-0.25, -0.2) is 4.98 Å². The Morgan fingerprint density at radius 2 is 2.09 bits per heavy atom. The first-order valence-electron chi connectivity index (χ1n) is 11.1. The van der Waals surface area contributed by atoms with Gasteiger partial charge in [0.1, 0.15) is 24.7 Å². The average molecular weight is 436 g/mol. The van der Waals surface area contributed by atoms with Crippen LogP contribution in [0.25, 0.3) is 11.0 Å². The molecule has 1 aromatic carbocycles. The number of aromatic nitrogens is 3. The molecule has 1 radical (unpaired) electrons. The second-order valence-corrected chi connectivity index (χ2v) is 8.17. The van der Waals surface area contributed by atoms with Crippen molar-refractivity contribution >= 4 is 11.0 Å². The molecular formula is C24H27N4O4. The maximum atomic E-state index is 12.6. The molecule has 0 aliphatic carbocycles. The molecule has 1 atom stereocenters. The van der Waals surface area contributed by atoms with Crippen molar-refractivity contribution in [3.05, 3.63) is 58.6 Å². The topological polar surface area (TPSA) is 89.6 Å². The summed E-state index contributed by atoms with van der Waals surface area (Å²) in [5, 5.41) is 0. The molecule has 0 saturated carbocycles. The van der Waals surface area contributed by atoms with E-state index in [1.807, 2.05) is 18.2 Å². The molecule has 1 saturated heterocycles. The van der Waals surface area contributed by atoms with Gasteiger partial charge in [0.2, 0.25) is 0 Å². The highest BCUT2D eigenvalue weighted by atomic mass is 16.6. The van der Waals surface area contributed by atoms with Crippen LogP contribution in [0.5, 0.6) is 17.2 Å². The molecular weight excluding hydrogens is 408 g/mol. The van der Waals surface area contributed by atoms with Crippen molar-refractivity contribution < 1.29 is 14.2 Å². The van der Waals surface area contributed by atoms with Gasteiger partial charge in [0, 0.05) is 43.3 Å². The highest BCUT2D eigenvalue weighted by Crippen LogP contribution is 2.30. The molecule has 32 heavy (non-hydrogen) atoms. The molecule has 5 rings (SSSR count). The van der Waals surface area contributed by atoms with Crippen molar-refractivity contribution in [3.63, 3.8) is 0 Å². The predicted octanol–water partition coefficient (Wildman–Crippen LogP) is 2.55. The molecule has 2 aliphatic heterocycles. The van der Waals surface area contributed by atoms with E-state index in [2.05, 4.69) is 26.3 Å². The van der Waals surface area contributed by atoms with E-state index in [0.717, 1.165) is 49.3 Å². The summed E-state index contributed by atoms with van der Waals surface area (Å²) < 4.78 is 16.5. The normalized spacial score (nSPS) is 18.6. The zero-order valence-corrected chi connectivity index (χ0v) is 18.2. The predicted molar refractivity (Wildman–Crippen MR) is 120 cm³/mol. The van der Waals surface area contributed by atoms with Gasteiger partial charge in [-0.15, -0.1) is 0 Å². The van der Waals surface area contributed by atoms with E-state index in [1.54, 1.807) is 19.4 Å². The second-order valence-electron chi connectivity index (χ2n) is 8.17. The standard InChI is InChI=1S/C24H27N4O4/c1-30-18-5-6-19-21(14-18)27-24(29)20(26-19)7-9-28-8-3-2-4-17(28)12-16-13-22-23(15-25-16)32-11-10-31-22/h2,5-6,13-15,17H,3-4,7-12H2,1H3,(H,27,29). The van der Waals surface area contributed by atoms with Crippen molar-refractivity contribution in [2.45, 2.75) is 31.7 Å². The number of rotatable bonds is 6. The van der Waals surface area contributed by atoms with Crippen LogP contribution in [0.4, 0.5) is 0 Å². The zero-order valence-electron chi connectivity index (χ0n) is 18.2. The molecule has 0 spiro atoms. The van der Waals surface area contributed by atoms with Crippen LogP contribution < -0.4 is 19.8 Å². The summed E-state index contributed by atoms with van der Waals surface area (Å²) >= 11 is 0. The van der Waals surface area contributed by atoms with Gasteiger partial charge in [-0.2, -0.15) is 0 Å². The van der Waals surface area contributed by atoms with Crippen molar-refractivity contribution in [1.29, 1.82) is 0 Å². The highest BCUT2D eigenvalue weighted by molar-refractivity contribution is 5.75. The molecule has 8 nitrogen and oxygen atoms in total. The third-order valence-electron chi connectivity index (χ3n) is 6.11. The second kappa shape index (κ2) is 9.16. The number of aromatic amines is 1. The number of methoxy groups -OCH3 is 1. The number of likely N-dealkylation sites (tertiary alicyclic amines) is 1. The number of hydrogen-bond acceptors (Lipinski definition) is 7. The molecule has 3 aromatic rings. The Bertz CT molecular complexity index is 1160. The van der Waals surface area contributed by atoms with Crippen molar-refractivity contribution in [2.75, 3.05) is 33.4 Å². The van der Waals surface area contributed by atoms with Gasteiger partial charge in [-0.3, -0.25) is 14.7 Å². The smallest absolute Gasteiger partial charge is 0.270 e. The van der Waals surface area contributed by atoms with E-state index >= 15 is 0 Å². The summed E-state index contributed by atoms with van der Waals surface area (Å²) in [4.78, 5) is 27.2. The number of hydrogen-bond donors (Lipinski definition) is 1. The van der Waals surface area contributed by atoms with Crippen LogP contribution in [0, 0.1) is 6.42 Å². The van der Waals surface area contributed by atoms with Gasteiger partial charge in [-0.1, -0.05) is 0 Å². The summed E-state index contributed by atoms with van der Waals surface area (Å²) in [5.41, 5.74) is 2.88. The monoisotopic (exact) mass is 435 g/mol. The fourth-order valence-electron chi connectivity index (χ4n) is 4.40. The molecule has 4 heterocycles. The van der Waals surface area contributed by atoms with Crippen LogP contribution in [0.15, 0.2) is 35.3 Å². The number of fused-ring (bicyclic) bond motifs is 2. The van der Waals surface area contributed by atoms with E-state index in [1.165, 1.54) is 0 Å². The third-order valence-corrected chi connectivity index (χ3v) is 6.11. The van der Waals surface area contributed by atoms with E-state index in [9.17, 15) is 4.79 Å². The average Bonchev–Trinajstić information content (AvgIpc) is 2.83. The first-order valence-corrected chi connectivity index (χ1v) is 11.1. The van der Waals surface area contributed by atoms with Crippen molar-refractivity contribution in [1.82, 2.24) is 19.9 Å². The van der Waals surface area contributed by atoms with E-state index in [4.69, 9.17) is 14.2 Å². The largest absolute Gasteiger partial charge is 0.497 e. The summed E-state index contributed by atoms with van der Waals surface area (Å²) in [6.45, 7) is 2.88. The lowest BCUT2D eigenvalue weighted by Gasteiger charge is -2.35. The van der Waals surface area contributed by atoms with Gasteiger partial charge in [0.05, 0.1) is 24.3 Å². The maximum absolute atomic E-state index is 12.6. The van der Waals surface area contributed by atoms with Gasteiger partial charge in [0.25, 0.3) is 5.56 Å². The lowest BCUT2D eigenvalue weighted by Crippen LogP contribution is -2.42. The van der Waals surface area contributed by atoms with Crippen LogP contribution in [0.2, 0.25) is 0 Å². The Balaban J connectivity index is 1.28. The Kier molecular flexibility index (Phi) is 5.94. The molecule has 0 bridgehead atoms. The fourth-order valence-corrected chi connectivity index (χ4v) is 4.40. The number of nitrogens with one attached hydrogen (secondary N) is 1. The molecule has 0 amide bonds. The first kappa shape index (κ1) is 20.8. The summed E-state index contributed by atoms with van der Waals surface area (Å²) in [7, 11) is 1.61. The van der Waals surface area contributed by atoms with Gasteiger partial charge >= 0.3 is 0 Å². The van der Waals surface area contributed by atoms with Crippen LogP contribution in [0.1, 0.15) is 24.2 Å². The van der Waals surface area contributed by atoms with E-state index < -0.39 is 0 Å². The summed E-state index contributed by atoms with van der Waals surface area (Å²) in [5.74, 6) is 2.19. The van der Waals surface area contributed by atoms with Crippen molar-refractivity contribution in [3.8, 4) is 17.2 Å². The molecule has 1 fully saturated rings. The lowest BCUT2D eigenvalue weighted by atomic mass is 9.97. The molecule has 167 valence electrons. The van der Waals surface area contributed by atoms with Crippen LogP contribution >= 0.6 is 0 Å². The zero-order chi connectivity index (χ0) is 21.9. The third kappa shape index (κ3) is 4.41. The summed E-state index contributed by atoms with van der Waals surface area (Å²) in [6.07, 6.45) is 7.57. The first-order chi connectivity index (χ1) is 15.7. The molecule has 1 unspecified atom stereocenters. The number of H-pyrrole nitrogens is 1. The number of benzene rings is 1. The number of ether oxygens (including phenoxy) is 3. The quantitative estimate of drug-likeness (QED) is 0.636. The molecule has 8 heteroatoms. The Morgan fingerprint density at radius 3 is 2.97 bits per heavy atom. The number of pyridine rings is 1. The van der Waals surface area contributed by atoms with Crippen LogP contribution in [-0.4, -0.2) is 59.3 Å². The minimum Gasteiger partial charge on any atom is -0.497 e. The van der Waals surface area contributed by atoms with Crippen molar-refractivity contribution in [2.24, 2.45) is 0 Å². The molecule has 2 aliphatic rings. The van der Waals surface area contributed by atoms with Gasteiger partial charge in [-0.05, 0) is 37.9 Å². The van der Waals surface area contributed by atoms with E-state index in [0.29, 0.717) is 48.4 Å². The minimum atomic E-state index is -0.139. The number of nitrogens with zero attached hydrogens (tertiary/aromatic N) is 3. The summed E-state index contributed by atoms with van der Waals surface area (Å²) in [6, 6.07) is 7.85. The SMILES string of the molecule is COc1ccc2nc(CCN3CC[CH]CC3Cc3cc4c(cn3)OCCO4)c(=O)[nH]c2c1. The Hall–Kier alpha value is -3.13. The van der Waals surface area contributed by atoms with Gasteiger partial charge in [0.15, 0.2) is 11.5 Å². The lowest BCUT2D eigenvalue weighted by molar-refractivity contribution is 0.165. The van der Waals surface area contributed by atoms with Gasteiger partial charge < -0.3 is 19.2 Å². The highest BCUT2D eigenvalue weighted by Gasteiger charge is 2.24. The minimum absolute atomic E-state index is 0.139. The van der Waals surface area contributed by atoms with E-state index in [-0.39, 0.29) is 5.56 Å². The Labute approximate surface area is 186 Å². The molecule has 2 aromatic heterocycles. The molecule has 1 N–H and O–H groups in total. The maximum Gasteiger partial charge on any atom is 0.270 e. The fraction of sp³-hybridized carbons (Fsp3) is 0.417.